The Bertz CT molecular complexity index is 1580. The van der Waals surface area contributed by atoms with Gasteiger partial charge in [-0.25, -0.2) is 0 Å². The monoisotopic (exact) mass is 1130 g/mol. The lowest BCUT2D eigenvalue weighted by Crippen LogP contribution is -2.47. The third-order valence-corrected chi connectivity index (χ3v) is 15.6. The van der Waals surface area contributed by atoms with E-state index in [-0.39, 0.29) is 31.3 Å². The second kappa shape index (κ2) is 58.6. The minimum absolute atomic E-state index is 0.0300. The summed E-state index contributed by atoms with van der Waals surface area (Å²) in [6, 6.07) is -0.907. The van der Waals surface area contributed by atoms with Crippen LogP contribution in [0.4, 0.5) is 0 Å². The number of hydrogen-bond donors (Lipinski definition) is 1. The number of quaternary nitrogens is 1. The molecule has 0 spiro atoms. The number of esters is 1. The molecule has 10 heteroatoms. The highest BCUT2D eigenvalue weighted by Gasteiger charge is 2.27. The van der Waals surface area contributed by atoms with Crippen LogP contribution in [0.5, 0.6) is 0 Å². The second-order valence-electron chi connectivity index (χ2n) is 23.6. The van der Waals surface area contributed by atoms with Gasteiger partial charge in [-0.2, -0.15) is 0 Å². The van der Waals surface area contributed by atoms with Gasteiger partial charge >= 0.3 is 5.97 Å². The van der Waals surface area contributed by atoms with Crippen molar-refractivity contribution >= 4 is 19.7 Å². The lowest BCUT2D eigenvalue weighted by molar-refractivity contribution is -0.870. The number of rotatable bonds is 60. The van der Waals surface area contributed by atoms with Crippen molar-refractivity contribution in [3.05, 3.63) is 72.9 Å². The van der Waals surface area contributed by atoms with Crippen LogP contribution in [0, 0.1) is 0 Å². The molecule has 0 saturated carbocycles. The first-order chi connectivity index (χ1) is 38.4. The molecule has 460 valence electrons. The van der Waals surface area contributed by atoms with Crippen LogP contribution in [0.15, 0.2) is 72.9 Å². The van der Waals surface area contributed by atoms with Crippen molar-refractivity contribution < 1.29 is 37.3 Å². The molecule has 0 saturated heterocycles. The molecular formula is C69H127N2O7P. The molecule has 0 bridgehead atoms. The van der Waals surface area contributed by atoms with E-state index in [2.05, 4.69) is 86.8 Å². The molecule has 3 unspecified atom stereocenters. The fourth-order valence-corrected chi connectivity index (χ4v) is 10.3. The molecule has 1 N–H and O–H groups in total. The summed E-state index contributed by atoms with van der Waals surface area (Å²) in [7, 11) is 1.16. The van der Waals surface area contributed by atoms with Gasteiger partial charge in [0.2, 0.25) is 5.91 Å². The van der Waals surface area contributed by atoms with E-state index in [1.165, 1.54) is 173 Å². The van der Waals surface area contributed by atoms with Gasteiger partial charge in [0.15, 0.2) is 0 Å². The molecule has 3 atom stereocenters. The van der Waals surface area contributed by atoms with Gasteiger partial charge in [0.1, 0.15) is 19.3 Å². The van der Waals surface area contributed by atoms with E-state index in [4.69, 9.17) is 13.8 Å². The van der Waals surface area contributed by atoms with Gasteiger partial charge in [0, 0.05) is 12.8 Å². The van der Waals surface area contributed by atoms with Crippen LogP contribution in [0.25, 0.3) is 0 Å². The van der Waals surface area contributed by atoms with E-state index in [9.17, 15) is 19.0 Å². The number of phosphoric acid groups is 1. The SMILES string of the molecule is CC/C=C\C/C=C\C/C=C\C/C=C\C/C=C\CCCCCC(=O)NC(COP(=O)([O-])OCC[N+](C)(C)C)C(/C=C/CCCCCCCCCCCCC)OC(=O)CCCCCCCCCCCCCCCCCCCCCCC. The molecule has 0 aromatic rings. The minimum atomic E-state index is -4.71. The van der Waals surface area contributed by atoms with Crippen LogP contribution >= 0.6 is 7.82 Å². The summed E-state index contributed by atoms with van der Waals surface area (Å²) in [6.07, 6.45) is 75.9. The Hall–Kier alpha value is -2.55. The first-order valence-corrected chi connectivity index (χ1v) is 34.7. The van der Waals surface area contributed by atoms with Gasteiger partial charge in [-0.3, -0.25) is 14.2 Å². The Balaban J connectivity index is 5.24. The standard InChI is InChI=1S/C69H127N2O7P/c1-7-10-13-16-19-22-25-28-30-32-34-35-37-39-41-44-47-50-53-56-59-62-69(73)78-67(60-57-54-51-48-45-42-27-24-21-18-15-12-9-3)66(65-77-79(74,75)76-64-63-71(4,5)6)70-68(72)61-58-55-52-49-46-43-40-38-36-33-31-29-26-23-20-17-14-11-8-2/h11,14,20,23,29,31,36,38,43,46,57,60,66-67H,7-10,12-13,15-19,21-22,24-28,30,32-35,37,39-42,44-45,47-56,58-59,61-65H2,1-6H3,(H-,70,72,74,75)/b14-11-,23-20-,31-29-,38-36-,46-43-,60-57+. The number of hydrogen-bond acceptors (Lipinski definition) is 7. The maximum Gasteiger partial charge on any atom is 0.306 e. The Morgan fingerprint density at radius 2 is 0.810 bits per heavy atom. The number of likely N-dealkylation sites (N-methyl/N-ethyl adjacent to an activating group) is 1. The third-order valence-electron chi connectivity index (χ3n) is 14.7. The molecule has 0 radical (unpaired) electrons. The summed E-state index contributed by atoms with van der Waals surface area (Å²) < 4.78 is 30.4. The Morgan fingerprint density at radius 1 is 0.456 bits per heavy atom. The van der Waals surface area contributed by atoms with Crippen LogP contribution in [-0.4, -0.2) is 69.4 Å². The Morgan fingerprint density at radius 3 is 1.23 bits per heavy atom. The maximum atomic E-state index is 13.6. The van der Waals surface area contributed by atoms with Crippen molar-refractivity contribution in [3.63, 3.8) is 0 Å². The van der Waals surface area contributed by atoms with Gasteiger partial charge in [-0.05, 0) is 76.7 Å². The number of phosphoric ester groups is 1. The predicted molar refractivity (Wildman–Crippen MR) is 339 cm³/mol. The molecule has 79 heavy (non-hydrogen) atoms. The quantitative estimate of drug-likeness (QED) is 0.0212. The normalized spacial score (nSPS) is 14.1. The van der Waals surface area contributed by atoms with E-state index in [0.29, 0.717) is 17.4 Å². The van der Waals surface area contributed by atoms with E-state index in [1.807, 2.05) is 33.3 Å². The van der Waals surface area contributed by atoms with Crippen LogP contribution in [0.1, 0.15) is 303 Å². The third kappa shape index (κ3) is 59.9. The van der Waals surface area contributed by atoms with Gasteiger partial charge in [-0.1, -0.05) is 287 Å². The van der Waals surface area contributed by atoms with E-state index < -0.39 is 26.6 Å². The fourth-order valence-electron chi connectivity index (χ4n) is 9.55. The maximum absolute atomic E-state index is 13.6. The van der Waals surface area contributed by atoms with Crippen molar-refractivity contribution in [2.24, 2.45) is 0 Å². The Kier molecular flexibility index (Phi) is 56.7. The molecule has 0 aliphatic rings. The largest absolute Gasteiger partial charge is 0.756 e. The van der Waals surface area contributed by atoms with Gasteiger partial charge in [0.25, 0.3) is 7.82 Å². The average molecular weight is 1130 g/mol. The lowest BCUT2D eigenvalue weighted by atomic mass is 10.0. The van der Waals surface area contributed by atoms with Gasteiger partial charge in [0.05, 0.1) is 33.8 Å². The molecular weight excluding hydrogens is 1000 g/mol. The highest BCUT2D eigenvalue weighted by Crippen LogP contribution is 2.38. The zero-order chi connectivity index (χ0) is 57.9. The highest BCUT2D eigenvalue weighted by molar-refractivity contribution is 7.45. The van der Waals surface area contributed by atoms with E-state index >= 15 is 0 Å². The summed E-state index contributed by atoms with van der Waals surface area (Å²) in [5, 5.41) is 3.02. The van der Waals surface area contributed by atoms with E-state index in [1.54, 1.807) is 0 Å². The Labute approximate surface area is 489 Å². The van der Waals surface area contributed by atoms with Gasteiger partial charge < -0.3 is 28.5 Å². The smallest absolute Gasteiger partial charge is 0.306 e. The lowest BCUT2D eigenvalue weighted by Gasteiger charge is -2.30. The van der Waals surface area contributed by atoms with Crippen molar-refractivity contribution in [3.8, 4) is 0 Å². The van der Waals surface area contributed by atoms with Gasteiger partial charge in [-0.15, -0.1) is 0 Å². The average Bonchev–Trinajstić information content (AvgIpc) is 3.41. The van der Waals surface area contributed by atoms with Crippen LogP contribution < -0.4 is 10.2 Å². The minimum Gasteiger partial charge on any atom is -0.756 e. The van der Waals surface area contributed by atoms with Crippen molar-refractivity contribution in [1.82, 2.24) is 5.32 Å². The summed E-state index contributed by atoms with van der Waals surface area (Å²) in [5.74, 6) is -0.569. The molecule has 0 aliphatic carbocycles. The summed E-state index contributed by atoms with van der Waals surface area (Å²) in [6.45, 7) is 6.74. The van der Waals surface area contributed by atoms with Crippen molar-refractivity contribution in [2.75, 3.05) is 40.9 Å². The molecule has 0 heterocycles. The predicted octanol–water partition coefficient (Wildman–Crippen LogP) is 20.2. The molecule has 0 aromatic heterocycles. The first-order valence-electron chi connectivity index (χ1n) is 33.2. The molecule has 9 nitrogen and oxygen atoms in total. The number of allylic oxidation sites excluding steroid dienone is 11. The molecule has 0 rings (SSSR count). The number of unbranched alkanes of at least 4 members (excludes halogenated alkanes) is 34. The number of carbonyl (C=O) groups is 2. The summed E-state index contributed by atoms with van der Waals surface area (Å²) in [5.41, 5.74) is 0. The number of nitrogens with zero attached hydrogens (tertiary/aromatic N) is 1. The van der Waals surface area contributed by atoms with Crippen molar-refractivity contribution in [1.29, 1.82) is 0 Å². The molecule has 0 fully saturated rings. The number of amides is 1. The van der Waals surface area contributed by atoms with E-state index in [0.717, 1.165) is 89.9 Å². The fraction of sp³-hybridized carbons (Fsp3) is 0.797. The summed E-state index contributed by atoms with van der Waals surface area (Å²) >= 11 is 0. The second-order valence-corrected chi connectivity index (χ2v) is 25.0. The zero-order valence-electron chi connectivity index (χ0n) is 52.6. The molecule has 0 aromatic carbocycles. The molecule has 0 aliphatic heterocycles. The van der Waals surface area contributed by atoms with Crippen LogP contribution in [0.2, 0.25) is 0 Å². The number of ether oxygens (including phenoxy) is 1. The van der Waals surface area contributed by atoms with Crippen LogP contribution in [0.3, 0.4) is 0 Å². The van der Waals surface area contributed by atoms with Crippen molar-refractivity contribution in [2.45, 2.75) is 315 Å². The number of carbonyl (C=O) groups excluding carboxylic acids is 2. The van der Waals surface area contributed by atoms with Crippen LogP contribution in [-0.2, 0) is 27.9 Å². The summed E-state index contributed by atoms with van der Waals surface area (Å²) in [4.78, 5) is 40.1. The number of nitrogens with one attached hydrogen (secondary N) is 1. The zero-order valence-corrected chi connectivity index (χ0v) is 53.5. The first kappa shape index (κ1) is 76.5. The topological polar surface area (TPSA) is 114 Å². The molecule has 1 amide bonds. The highest BCUT2D eigenvalue weighted by atomic mass is 31.2.